The molecule has 0 aliphatic carbocycles. The minimum atomic E-state index is -0.243. The summed E-state index contributed by atoms with van der Waals surface area (Å²) in [5.74, 6) is 0.814. The molecular formula is C18H18N2O. The normalized spacial score (nSPS) is 12.3. The quantitative estimate of drug-likeness (QED) is 0.796. The van der Waals surface area contributed by atoms with Crippen molar-refractivity contribution in [2.45, 2.75) is 13.0 Å². The Morgan fingerprint density at radius 3 is 2.67 bits per heavy atom. The maximum atomic E-state index is 6.52. The van der Waals surface area contributed by atoms with Gasteiger partial charge in [-0.3, -0.25) is 4.98 Å². The Morgan fingerprint density at radius 1 is 1.05 bits per heavy atom. The van der Waals surface area contributed by atoms with E-state index in [4.69, 9.17) is 10.5 Å². The van der Waals surface area contributed by atoms with Crippen LogP contribution in [0.2, 0.25) is 0 Å². The second-order valence-corrected chi connectivity index (χ2v) is 5.14. The Bertz CT molecular complexity index is 778. The van der Waals surface area contributed by atoms with Gasteiger partial charge in [-0.1, -0.05) is 35.9 Å². The van der Waals surface area contributed by atoms with E-state index in [-0.39, 0.29) is 6.04 Å². The smallest absolute Gasteiger partial charge is 0.123 e. The van der Waals surface area contributed by atoms with Gasteiger partial charge >= 0.3 is 0 Å². The van der Waals surface area contributed by atoms with Gasteiger partial charge in [0.25, 0.3) is 0 Å². The molecule has 21 heavy (non-hydrogen) atoms. The molecule has 106 valence electrons. The molecule has 0 bridgehead atoms. The van der Waals surface area contributed by atoms with Gasteiger partial charge in [0.1, 0.15) is 5.75 Å². The number of benzene rings is 2. The standard InChI is InChI=1S/C18H18N2O/c1-12-7-8-17(21-2)15(11-12)18(19)14-9-10-20-16-6-4-3-5-13(14)16/h3-11,18H,19H2,1-2H3. The van der Waals surface area contributed by atoms with Crippen LogP contribution in [0.5, 0.6) is 5.75 Å². The highest BCUT2D eigenvalue weighted by atomic mass is 16.5. The van der Waals surface area contributed by atoms with Gasteiger partial charge in [0, 0.05) is 17.1 Å². The molecule has 0 saturated carbocycles. The van der Waals surface area contributed by atoms with E-state index in [1.807, 2.05) is 36.4 Å². The van der Waals surface area contributed by atoms with Crippen molar-refractivity contribution in [3.8, 4) is 5.75 Å². The average Bonchev–Trinajstić information content (AvgIpc) is 2.53. The summed E-state index contributed by atoms with van der Waals surface area (Å²) in [4.78, 5) is 4.39. The van der Waals surface area contributed by atoms with Crippen molar-refractivity contribution in [2.75, 3.05) is 7.11 Å². The van der Waals surface area contributed by atoms with Gasteiger partial charge in [-0.2, -0.15) is 0 Å². The van der Waals surface area contributed by atoms with Crippen LogP contribution in [0.4, 0.5) is 0 Å². The minimum Gasteiger partial charge on any atom is -0.496 e. The van der Waals surface area contributed by atoms with Crippen molar-refractivity contribution >= 4 is 10.9 Å². The lowest BCUT2D eigenvalue weighted by atomic mass is 9.95. The fourth-order valence-corrected chi connectivity index (χ4v) is 2.65. The Morgan fingerprint density at radius 2 is 1.86 bits per heavy atom. The summed E-state index contributed by atoms with van der Waals surface area (Å²) < 4.78 is 5.46. The van der Waals surface area contributed by atoms with Gasteiger partial charge in [0.05, 0.1) is 18.7 Å². The Hall–Kier alpha value is -2.39. The first-order valence-corrected chi connectivity index (χ1v) is 6.94. The van der Waals surface area contributed by atoms with E-state index in [1.54, 1.807) is 13.3 Å². The molecule has 0 aliphatic rings. The number of hydrogen-bond donors (Lipinski definition) is 1. The van der Waals surface area contributed by atoms with Gasteiger partial charge in [0.15, 0.2) is 0 Å². The van der Waals surface area contributed by atoms with Crippen LogP contribution in [0.25, 0.3) is 10.9 Å². The molecule has 3 heteroatoms. The first-order valence-electron chi connectivity index (χ1n) is 6.94. The molecule has 1 atom stereocenters. The zero-order valence-corrected chi connectivity index (χ0v) is 12.2. The van der Waals surface area contributed by atoms with E-state index in [2.05, 4.69) is 24.0 Å². The number of ether oxygens (including phenoxy) is 1. The molecule has 0 spiro atoms. The second kappa shape index (κ2) is 5.54. The van der Waals surface area contributed by atoms with Crippen LogP contribution in [0.15, 0.2) is 54.7 Å². The predicted molar refractivity (Wildman–Crippen MR) is 85.5 cm³/mol. The minimum absolute atomic E-state index is 0.243. The Labute approximate surface area is 124 Å². The van der Waals surface area contributed by atoms with Crippen molar-refractivity contribution in [2.24, 2.45) is 5.73 Å². The fraction of sp³-hybridized carbons (Fsp3) is 0.167. The predicted octanol–water partition coefficient (Wildman–Crippen LogP) is 3.60. The van der Waals surface area contributed by atoms with Crippen LogP contribution in [0, 0.1) is 6.92 Å². The van der Waals surface area contributed by atoms with Crippen molar-refractivity contribution in [1.82, 2.24) is 4.98 Å². The molecule has 0 saturated heterocycles. The van der Waals surface area contributed by atoms with Crippen molar-refractivity contribution in [1.29, 1.82) is 0 Å². The first kappa shape index (κ1) is 13.6. The molecule has 0 amide bonds. The molecule has 0 fully saturated rings. The van der Waals surface area contributed by atoms with E-state index in [9.17, 15) is 0 Å². The highest BCUT2D eigenvalue weighted by molar-refractivity contribution is 5.83. The van der Waals surface area contributed by atoms with Gasteiger partial charge in [-0.05, 0) is 30.7 Å². The Balaban J connectivity index is 2.17. The highest BCUT2D eigenvalue weighted by Crippen LogP contribution is 2.32. The maximum absolute atomic E-state index is 6.52. The number of pyridine rings is 1. The van der Waals surface area contributed by atoms with Gasteiger partial charge < -0.3 is 10.5 Å². The number of aryl methyl sites for hydroxylation is 1. The topological polar surface area (TPSA) is 48.1 Å². The van der Waals surface area contributed by atoms with E-state index < -0.39 is 0 Å². The van der Waals surface area contributed by atoms with Crippen LogP contribution in [0.1, 0.15) is 22.7 Å². The third kappa shape index (κ3) is 2.48. The molecular weight excluding hydrogens is 260 g/mol. The number of nitrogens with two attached hydrogens (primary N) is 1. The molecule has 3 rings (SSSR count). The van der Waals surface area contributed by atoms with Crippen LogP contribution in [-0.2, 0) is 0 Å². The molecule has 3 aromatic rings. The summed E-state index contributed by atoms with van der Waals surface area (Å²) >= 11 is 0. The summed E-state index contributed by atoms with van der Waals surface area (Å²) in [5, 5.41) is 1.08. The lowest BCUT2D eigenvalue weighted by Crippen LogP contribution is -2.14. The molecule has 0 aliphatic heterocycles. The zero-order chi connectivity index (χ0) is 14.8. The van der Waals surface area contributed by atoms with Crippen LogP contribution >= 0.6 is 0 Å². The number of rotatable bonds is 3. The van der Waals surface area contributed by atoms with Gasteiger partial charge in [0.2, 0.25) is 0 Å². The molecule has 2 N–H and O–H groups in total. The number of nitrogens with zero attached hydrogens (tertiary/aromatic N) is 1. The lowest BCUT2D eigenvalue weighted by molar-refractivity contribution is 0.408. The van der Waals surface area contributed by atoms with Crippen molar-refractivity contribution in [3.63, 3.8) is 0 Å². The SMILES string of the molecule is COc1ccc(C)cc1C(N)c1ccnc2ccccc12. The first-order chi connectivity index (χ1) is 10.2. The van der Waals surface area contributed by atoms with Crippen LogP contribution in [-0.4, -0.2) is 12.1 Å². The number of hydrogen-bond acceptors (Lipinski definition) is 3. The summed E-state index contributed by atoms with van der Waals surface area (Å²) in [5.41, 5.74) is 10.7. The van der Waals surface area contributed by atoms with Gasteiger partial charge in [-0.15, -0.1) is 0 Å². The molecule has 0 radical (unpaired) electrons. The van der Waals surface area contributed by atoms with E-state index >= 15 is 0 Å². The molecule has 1 unspecified atom stereocenters. The Kier molecular flexibility index (Phi) is 3.59. The van der Waals surface area contributed by atoms with Crippen molar-refractivity contribution in [3.05, 3.63) is 71.4 Å². The third-order valence-corrected chi connectivity index (χ3v) is 3.74. The summed E-state index contributed by atoms with van der Waals surface area (Å²) in [6, 6.07) is 15.9. The third-order valence-electron chi connectivity index (χ3n) is 3.74. The number of para-hydroxylation sites is 1. The average molecular weight is 278 g/mol. The van der Waals surface area contributed by atoms with E-state index in [0.717, 1.165) is 27.8 Å². The maximum Gasteiger partial charge on any atom is 0.123 e. The summed E-state index contributed by atoms with van der Waals surface area (Å²) in [7, 11) is 1.67. The number of methoxy groups -OCH3 is 1. The zero-order valence-electron chi connectivity index (χ0n) is 12.2. The summed E-state index contributed by atoms with van der Waals surface area (Å²) in [6.45, 7) is 2.06. The lowest BCUT2D eigenvalue weighted by Gasteiger charge is -2.18. The molecule has 3 nitrogen and oxygen atoms in total. The number of fused-ring (bicyclic) bond motifs is 1. The molecule has 1 heterocycles. The van der Waals surface area contributed by atoms with Gasteiger partial charge in [-0.25, -0.2) is 0 Å². The van der Waals surface area contributed by atoms with Crippen LogP contribution < -0.4 is 10.5 Å². The van der Waals surface area contributed by atoms with Crippen LogP contribution in [0.3, 0.4) is 0 Å². The largest absolute Gasteiger partial charge is 0.496 e. The fourth-order valence-electron chi connectivity index (χ4n) is 2.65. The summed E-state index contributed by atoms with van der Waals surface area (Å²) in [6.07, 6.45) is 1.81. The monoisotopic (exact) mass is 278 g/mol. The van der Waals surface area contributed by atoms with Crippen molar-refractivity contribution < 1.29 is 4.74 Å². The molecule has 1 aromatic heterocycles. The molecule has 2 aromatic carbocycles. The number of aromatic nitrogens is 1. The second-order valence-electron chi connectivity index (χ2n) is 5.14. The van der Waals surface area contributed by atoms with E-state index in [1.165, 1.54) is 5.56 Å². The van der Waals surface area contributed by atoms with E-state index in [0.29, 0.717) is 0 Å². The highest BCUT2D eigenvalue weighted by Gasteiger charge is 2.16.